The number of halogens is 2. The Bertz CT molecular complexity index is 1250. The Kier molecular flexibility index (Phi) is 6.21. The van der Waals surface area contributed by atoms with Gasteiger partial charge in [0.05, 0.1) is 0 Å². The third-order valence-corrected chi connectivity index (χ3v) is 4.68. The molecule has 0 radical (unpaired) electrons. The van der Waals surface area contributed by atoms with Crippen molar-refractivity contribution < 1.29 is 13.6 Å². The number of carbonyl (C=O) groups excluding carboxylic acids is 1. The van der Waals surface area contributed by atoms with Crippen LogP contribution >= 0.6 is 0 Å². The van der Waals surface area contributed by atoms with E-state index in [1.165, 1.54) is 24.3 Å². The van der Waals surface area contributed by atoms with Gasteiger partial charge < -0.3 is 0 Å². The maximum absolute atomic E-state index is 13.0. The highest BCUT2D eigenvalue weighted by Crippen LogP contribution is 2.13. The van der Waals surface area contributed by atoms with E-state index in [1.54, 1.807) is 72.8 Å². The summed E-state index contributed by atoms with van der Waals surface area (Å²) in [5.74, 6) is 11.3. The zero-order valence-corrected chi connectivity index (χ0v) is 16.9. The Labute approximate surface area is 185 Å². The second-order valence-electron chi connectivity index (χ2n) is 7.00. The second kappa shape index (κ2) is 9.56. The second-order valence-corrected chi connectivity index (χ2v) is 7.00. The third kappa shape index (κ3) is 5.36. The van der Waals surface area contributed by atoms with Gasteiger partial charge in [0, 0.05) is 33.4 Å². The number of ketones is 1. The first kappa shape index (κ1) is 20.8. The molecule has 152 valence electrons. The van der Waals surface area contributed by atoms with Crippen molar-refractivity contribution in [1.29, 1.82) is 0 Å². The molecule has 0 spiro atoms. The predicted molar refractivity (Wildman–Crippen MR) is 121 cm³/mol. The van der Waals surface area contributed by atoms with E-state index in [1.807, 2.05) is 0 Å². The Morgan fingerprint density at radius 2 is 0.688 bits per heavy atom. The summed E-state index contributed by atoms with van der Waals surface area (Å²) in [6.45, 7) is 0. The van der Waals surface area contributed by atoms with E-state index in [0.29, 0.717) is 22.3 Å². The van der Waals surface area contributed by atoms with Gasteiger partial charge in [0.15, 0.2) is 5.78 Å². The van der Waals surface area contributed by atoms with Crippen molar-refractivity contribution in [2.45, 2.75) is 0 Å². The molecule has 0 fully saturated rings. The Hall–Kier alpha value is -4.47. The maximum atomic E-state index is 13.0. The van der Waals surface area contributed by atoms with Gasteiger partial charge in [0.1, 0.15) is 11.6 Å². The van der Waals surface area contributed by atoms with E-state index < -0.39 is 0 Å². The van der Waals surface area contributed by atoms with Gasteiger partial charge in [-0.3, -0.25) is 4.79 Å². The quantitative estimate of drug-likeness (QED) is 0.288. The van der Waals surface area contributed by atoms with E-state index in [0.717, 1.165) is 11.1 Å². The van der Waals surface area contributed by atoms with Crippen molar-refractivity contribution in [2.75, 3.05) is 0 Å². The Morgan fingerprint density at radius 1 is 0.438 bits per heavy atom. The van der Waals surface area contributed by atoms with E-state index in [4.69, 9.17) is 0 Å². The molecule has 0 unspecified atom stereocenters. The SMILES string of the molecule is O=C(c1ccc(C#Cc2ccc(F)cc2)cc1)c1ccc(C#Cc2ccc(F)cc2)cc1. The molecule has 3 heteroatoms. The molecule has 32 heavy (non-hydrogen) atoms. The molecule has 0 N–H and O–H groups in total. The number of hydrogen-bond acceptors (Lipinski definition) is 1. The van der Waals surface area contributed by atoms with Crippen LogP contribution in [-0.4, -0.2) is 5.78 Å². The molecule has 0 saturated heterocycles. The van der Waals surface area contributed by atoms with E-state index in [2.05, 4.69) is 23.7 Å². The van der Waals surface area contributed by atoms with Crippen LogP contribution in [0, 0.1) is 35.3 Å². The summed E-state index contributed by atoms with van der Waals surface area (Å²) in [6, 6.07) is 26.0. The lowest BCUT2D eigenvalue weighted by molar-refractivity contribution is 0.103. The smallest absolute Gasteiger partial charge is 0.193 e. The summed E-state index contributed by atoms with van der Waals surface area (Å²) in [6.07, 6.45) is 0. The van der Waals surface area contributed by atoms with Crippen LogP contribution in [0.3, 0.4) is 0 Å². The number of hydrogen-bond donors (Lipinski definition) is 0. The molecule has 0 aliphatic heterocycles. The van der Waals surface area contributed by atoms with Gasteiger partial charge in [-0.2, -0.15) is 0 Å². The van der Waals surface area contributed by atoms with Gasteiger partial charge in [-0.15, -0.1) is 0 Å². The van der Waals surface area contributed by atoms with Crippen LogP contribution in [0.25, 0.3) is 0 Å². The summed E-state index contributed by atoms with van der Waals surface area (Å²) in [5.41, 5.74) is 4.07. The highest BCUT2D eigenvalue weighted by Gasteiger charge is 2.08. The molecule has 0 bridgehead atoms. The zero-order valence-electron chi connectivity index (χ0n) is 16.9. The van der Waals surface area contributed by atoms with Gasteiger partial charge >= 0.3 is 0 Å². The molecule has 0 amide bonds. The molecule has 4 rings (SSSR count). The molecule has 0 heterocycles. The maximum Gasteiger partial charge on any atom is 0.193 e. The number of benzene rings is 4. The van der Waals surface area contributed by atoms with Crippen LogP contribution in [-0.2, 0) is 0 Å². The molecule has 0 saturated carbocycles. The van der Waals surface area contributed by atoms with Crippen LogP contribution in [0.15, 0.2) is 97.1 Å². The Balaban J connectivity index is 1.44. The van der Waals surface area contributed by atoms with Gasteiger partial charge in [-0.05, 0) is 97.1 Å². The van der Waals surface area contributed by atoms with E-state index >= 15 is 0 Å². The first-order valence-electron chi connectivity index (χ1n) is 9.87. The molecular weight excluding hydrogens is 402 g/mol. The van der Waals surface area contributed by atoms with Gasteiger partial charge in [-0.1, -0.05) is 23.7 Å². The lowest BCUT2D eigenvalue weighted by atomic mass is 10.0. The van der Waals surface area contributed by atoms with Crippen molar-refractivity contribution in [3.8, 4) is 23.7 Å². The predicted octanol–water partition coefficient (Wildman–Crippen LogP) is 6.00. The molecule has 4 aromatic rings. The summed E-state index contributed by atoms with van der Waals surface area (Å²) in [4.78, 5) is 12.7. The summed E-state index contributed by atoms with van der Waals surface area (Å²) < 4.78 is 25.9. The van der Waals surface area contributed by atoms with Gasteiger partial charge in [0.25, 0.3) is 0 Å². The lowest BCUT2D eigenvalue weighted by Crippen LogP contribution is -2.01. The van der Waals surface area contributed by atoms with Crippen molar-refractivity contribution in [3.05, 3.63) is 142 Å². The summed E-state index contributed by atoms with van der Waals surface area (Å²) in [7, 11) is 0. The van der Waals surface area contributed by atoms with Gasteiger partial charge in [0.2, 0.25) is 0 Å². The largest absolute Gasteiger partial charge is 0.289 e. The van der Waals surface area contributed by atoms with Crippen molar-refractivity contribution in [1.82, 2.24) is 0 Å². The fourth-order valence-electron chi connectivity index (χ4n) is 2.93. The van der Waals surface area contributed by atoms with Crippen LogP contribution in [0.4, 0.5) is 8.78 Å². The monoisotopic (exact) mass is 418 g/mol. The van der Waals surface area contributed by atoms with Crippen LogP contribution in [0.2, 0.25) is 0 Å². The topological polar surface area (TPSA) is 17.1 Å². The minimum atomic E-state index is -0.300. The number of carbonyl (C=O) groups is 1. The molecular formula is C29H16F2O. The first-order chi connectivity index (χ1) is 15.6. The van der Waals surface area contributed by atoms with Crippen molar-refractivity contribution in [2.24, 2.45) is 0 Å². The third-order valence-electron chi connectivity index (χ3n) is 4.68. The normalized spacial score (nSPS) is 9.81. The summed E-state index contributed by atoms with van der Waals surface area (Å²) in [5, 5.41) is 0. The lowest BCUT2D eigenvalue weighted by Gasteiger charge is -2.02. The first-order valence-corrected chi connectivity index (χ1v) is 9.87. The molecule has 1 nitrogen and oxygen atoms in total. The van der Waals surface area contributed by atoms with Crippen LogP contribution in [0.1, 0.15) is 38.2 Å². The molecule has 0 aromatic heterocycles. The summed E-state index contributed by atoms with van der Waals surface area (Å²) >= 11 is 0. The minimum absolute atomic E-state index is 0.0962. The zero-order chi connectivity index (χ0) is 22.3. The van der Waals surface area contributed by atoms with Crippen LogP contribution < -0.4 is 0 Å². The molecule has 0 aliphatic rings. The molecule has 0 atom stereocenters. The van der Waals surface area contributed by atoms with E-state index in [-0.39, 0.29) is 17.4 Å². The Morgan fingerprint density at radius 3 is 0.969 bits per heavy atom. The highest BCUT2D eigenvalue weighted by molar-refractivity contribution is 6.09. The van der Waals surface area contributed by atoms with E-state index in [9.17, 15) is 13.6 Å². The minimum Gasteiger partial charge on any atom is -0.289 e. The van der Waals surface area contributed by atoms with Crippen molar-refractivity contribution in [3.63, 3.8) is 0 Å². The average molecular weight is 418 g/mol. The molecule has 0 aliphatic carbocycles. The standard InChI is InChI=1S/C29H16F2O/c30-27-17-9-23(10-18-27)3-1-21-5-13-25(14-6-21)29(32)26-15-7-22(8-16-26)2-4-24-11-19-28(31)20-12-24/h5-20H. The van der Waals surface area contributed by atoms with Crippen molar-refractivity contribution >= 4 is 5.78 Å². The molecule has 4 aromatic carbocycles. The number of rotatable bonds is 2. The fraction of sp³-hybridized carbons (Fsp3) is 0. The fourth-order valence-corrected chi connectivity index (χ4v) is 2.93. The van der Waals surface area contributed by atoms with Crippen LogP contribution in [0.5, 0.6) is 0 Å². The average Bonchev–Trinajstić information content (AvgIpc) is 2.83. The highest BCUT2D eigenvalue weighted by atomic mass is 19.1. The van der Waals surface area contributed by atoms with Gasteiger partial charge in [-0.25, -0.2) is 8.78 Å².